The fourth-order valence-corrected chi connectivity index (χ4v) is 1.36. The summed E-state index contributed by atoms with van der Waals surface area (Å²) in [6, 6.07) is 0.609. The van der Waals surface area contributed by atoms with Gasteiger partial charge in [-0.2, -0.15) is 0 Å². The number of hydrogen-bond donors (Lipinski definition) is 2. The molecule has 0 heterocycles. The summed E-state index contributed by atoms with van der Waals surface area (Å²) < 4.78 is 0. The zero-order valence-electron chi connectivity index (χ0n) is 9.71. The van der Waals surface area contributed by atoms with E-state index in [0.29, 0.717) is 19.0 Å². The van der Waals surface area contributed by atoms with Gasteiger partial charge in [-0.1, -0.05) is 6.92 Å². The summed E-state index contributed by atoms with van der Waals surface area (Å²) in [5.41, 5.74) is 5.65. The molecule has 0 aliphatic heterocycles. The van der Waals surface area contributed by atoms with Gasteiger partial charge in [0.2, 0.25) is 5.91 Å². The molecule has 2 atom stereocenters. The standard InChI is InChI=1S/C10H23N3O/c1-5-8(2)13(4)9(7-11)6-10(14)12-3/h8-9H,5-7,11H2,1-4H3,(H,12,14). The third kappa shape index (κ3) is 4.07. The van der Waals surface area contributed by atoms with E-state index in [9.17, 15) is 4.79 Å². The van der Waals surface area contributed by atoms with Gasteiger partial charge < -0.3 is 11.1 Å². The average Bonchev–Trinajstić information content (AvgIpc) is 2.23. The zero-order chi connectivity index (χ0) is 11.1. The Kier molecular flexibility index (Phi) is 6.49. The van der Waals surface area contributed by atoms with Crippen molar-refractivity contribution in [3.8, 4) is 0 Å². The van der Waals surface area contributed by atoms with Gasteiger partial charge in [0.25, 0.3) is 0 Å². The molecule has 0 aliphatic carbocycles. The summed E-state index contributed by atoms with van der Waals surface area (Å²) in [5, 5.41) is 2.62. The van der Waals surface area contributed by atoms with Gasteiger partial charge in [-0.25, -0.2) is 0 Å². The summed E-state index contributed by atoms with van der Waals surface area (Å²) in [6.07, 6.45) is 1.55. The van der Waals surface area contributed by atoms with Crippen LogP contribution in [0.2, 0.25) is 0 Å². The molecule has 0 aromatic heterocycles. The minimum Gasteiger partial charge on any atom is -0.359 e. The van der Waals surface area contributed by atoms with Gasteiger partial charge in [0, 0.05) is 32.1 Å². The SMILES string of the molecule is CCC(C)N(C)C(CN)CC(=O)NC. The number of nitrogens with zero attached hydrogens (tertiary/aromatic N) is 1. The molecule has 14 heavy (non-hydrogen) atoms. The molecule has 84 valence electrons. The number of amides is 1. The highest BCUT2D eigenvalue weighted by atomic mass is 16.1. The maximum atomic E-state index is 11.2. The highest BCUT2D eigenvalue weighted by Crippen LogP contribution is 2.08. The van der Waals surface area contributed by atoms with E-state index >= 15 is 0 Å². The van der Waals surface area contributed by atoms with Gasteiger partial charge in [-0.3, -0.25) is 9.69 Å². The molecule has 0 saturated heterocycles. The molecule has 0 rings (SSSR count). The quantitative estimate of drug-likeness (QED) is 0.644. The number of rotatable bonds is 6. The van der Waals surface area contributed by atoms with Crippen molar-refractivity contribution in [3.05, 3.63) is 0 Å². The van der Waals surface area contributed by atoms with Crippen molar-refractivity contribution >= 4 is 5.91 Å². The lowest BCUT2D eigenvalue weighted by Crippen LogP contribution is -2.45. The van der Waals surface area contributed by atoms with Crippen molar-refractivity contribution in [2.45, 2.75) is 38.8 Å². The molecular weight excluding hydrogens is 178 g/mol. The number of carbonyl (C=O) groups is 1. The smallest absolute Gasteiger partial charge is 0.221 e. The molecule has 0 saturated carbocycles. The van der Waals surface area contributed by atoms with E-state index in [1.54, 1.807) is 7.05 Å². The van der Waals surface area contributed by atoms with Crippen molar-refractivity contribution < 1.29 is 4.79 Å². The van der Waals surface area contributed by atoms with Crippen molar-refractivity contribution in [2.24, 2.45) is 5.73 Å². The first-order valence-corrected chi connectivity index (χ1v) is 5.19. The summed E-state index contributed by atoms with van der Waals surface area (Å²) in [6.45, 7) is 4.80. The molecule has 0 fully saturated rings. The first kappa shape index (κ1) is 13.4. The fourth-order valence-electron chi connectivity index (χ4n) is 1.36. The zero-order valence-corrected chi connectivity index (χ0v) is 9.71. The molecule has 0 bridgehead atoms. The van der Waals surface area contributed by atoms with Crippen molar-refractivity contribution in [2.75, 3.05) is 20.6 Å². The van der Waals surface area contributed by atoms with Gasteiger partial charge >= 0.3 is 0 Å². The van der Waals surface area contributed by atoms with Gasteiger partial charge in [-0.15, -0.1) is 0 Å². The molecule has 3 N–H and O–H groups in total. The number of hydrogen-bond acceptors (Lipinski definition) is 3. The van der Waals surface area contributed by atoms with Crippen LogP contribution in [-0.2, 0) is 4.79 Å². The van der Waals surface area contributed by atoms with Crippen LogP contribution in [0.5, 0.6) is 0 Å². The summed E-state index contributed by atoms with van der Waals surface area (Å²) in [4.78, 5) is 13.4. The van der Waals surface area contributed by atoms with Crippen LogP contribution in [-0.4, -0.2) is 43.5 Å². The van der Waals surface area contributed by atoms with Gasteiger partial charge in [-0.05, 0) is 20.4 Å². The highest BCUT2D eigenvalue weighted by molar-refractivity contribution is 5.76. The molecule has 0 spiro atoms. The van der Waals surface area contributed by atoms with E-state index in [4.69, 9.17) is 5.73 Å². The Hall–Kier alpha value is -0.610. The topological polar surface area (TPSA) is 58.4 Å². The predicted molar refractivity (Wildman–Crippen MR) is 59.0 cm³/mol. The predicted octanol–water partition coefficient (Wildman–Crippen LogP) is 0.180. The fraction of sp³-hybridized carbons (Fsp3) is 0.900. The molecule has 4 nitrogen and oxygen atoms in total. The van der Waals surface area contributed by atoms with E-state index in [1.807, 2.05) is 7.05 Å². The van der Waals surface area contributed by atoms with Gasteiger partial charge in [0.15, 0.2) is 0 Å². The number of carbonyl (C=O) groups excluding carboxylic acids is 1. The summed E-state index contributed by atoms with van der Waals surface area (Å²) in [7, 11) is 3.67. The van der Waals surface area contributed by atoms with Crippen LogP contribution in [0.4, 0.5) is 0 Å². The normalized spacial score (nSPS) is 15.3. The Balaban J connectivity index is 4.18. The van der Waals surface area contributed by atoms with E-state index in [1.165, 1.54) is 0 Å². The molecule has 0 radical (unpaired) electrons. The molecular formula is C10H23N3O. The second kappa shape index (κ2) is 6.79. The minimum atomic E-state index is 0.0515. The Morgan fingerprint density at radius 1 is 1.57 bits per heavy atom. The molecule has 4 heteroatoms. The first-order chi connectivity index (χ1) is 6.56. The van der Waals surface area contributed by atoms with Crippen LogP contribution in [0.25, 0.3) is 0 Å². The van der Waals surface area contributed by atoms with Crippen molar-refractivity contribution in [1.29, 1.82) is 0 Å². The molecule has 2 unspecified atom stereocenters. The molecule has 0 aromatic rings. The maximum absolute atomic E-state index is 11.2. The van der Waals surface area contributed by atoms with Crippen LogP contribution < -0.4 is 11.1 Å². The lowest BCUT2D eigenvalue weighted by molar-refractivity contribution is -0.121. The monoisotopic (exact) mass is 201 g/mol. The van der Waals surface area contributed by atoms with Crippen LogP contribution in [0, 0.1) is 0 Å². The number of likely N-dealkylation sites (N-methyl/N-ethyl adjacent to an activating group) is 1. The van der Waals surface area contributed by atoms with Crippen LogP contribution in [0.15, 0.2) is 0 Å². The van der Waals surface area contributed by atoms with Crippen molar-refractivity contribution in [1.82, 2.24) is 10.2 Å². The van der Waals surface area contributed by atoms with Crippen molar-refractivity contribution in [3.63, 3.8) is 0 Å². The lowest BCUT2D eigenvalue weighted by Gasteiger charge is -2.31. The third-order valence-electron chi connectivity index (χ3n) is 2.83. The van der Waals surface area contributed by atoms with Crippen LogP contribution >= 0.6 is 0 Å². The van der Waals surface area contributed by atoms with E-state index < -0.39 is 0 Å². The minimum absolute atomic E-state index is 0.0515. The van der Waals surface area contributed by atoms with E-state index in [0.717, 1.165) is 6.42 Å². The number of nitrogens with two attached hydrogens (primary N) is 1. The highest BCUT2D eigenvalue weighted by Gasteiger charge is 2.19. The van der Waals surface area contributed by atoms with Crippen LogP contribution in [0.1, 0.15) is 26.7 Å². The Morgan fingerprint density at radius 2 is 2.14 bits per heavy atom. The summed E-state index contributed by atoms with van der Waals surface area (Å²) >= 11 is 0. The largest absolute Gasteiger partial charge is 0.359 e. The van der Waals surface area contributed by atoms with Gasteiger partial charge in [0.1, 0.15) is 0 Å². The maximum Gasteiger partial charge on any atom is 0.221 e. The Morgan fingerprint density at radius 3 is 2.50 bits per heavy atom. The Bertz CT molecular complexity index is 173. The Labute approximate surface area is 86.8 Å². The number of nitrogens with one attached hydrogen (secondary N) is 1. The first-order valence-electron chi connectivity index (χ1n) is 5.19. The second-order valence-electron chi connectivity index (χ2n) is 3.69. The average molecular weight is 201 g/mol. The van der Waals surface area contributed by atoms with E-state index in [-0.39, 0.29) is 11.9 Å². The molecule has 1 amide bonds. The summed E-state index contributed by atoms with van der Waals surface area (Å²) in [5.74, 6) is 0.0515. The van der Waals surface area contributed by atoms with Crippen LogP contribution in [0.3, 0.4) is 0 Å². The van der Waals surface area contributed by atoms with Gasteiger partial charge in [0.05, 0.1) is 0 Å². The van der Waals surface area contributed by atoms with E-state index in [2.05, 4.69) is 24.1 Å². The second-order valence-corrected chi connectivity index (χ2v) is 3.69. The third-order valence-corrected chi connectivity index (χ3v) is 2.83. The lowest BCUT2D eigenvalue weighted by atomic mass is 10.1. The molecule has 0 aromatic carbocycles. The molecule has 0 aliphatic rings.